The maximum absolute atomic E-state index is 13.1. The first-order chi connectivity index (χ1) is 12.4. The number of nitrogen functional groups attached to an aromatic ring is 1. The Balaban J connectivity index is 1.66. The second kappa shape index (κ2) is 7.64. The summed E-state index contributed by atoms with van der Waals surface area (Å²) in [6, 6.07) is 12.1. The van der Waals surface area contributed by atoms with Crippen molar-refractivity contribution in [3.05, 3.63) is 53.8 Å². The first-order valence-corrected chi connectivity index (χ1v) is 8.90. The number of nitrogens with two attached hydrogens (primary N) is 1. The molecule has 0 spiro atoms. The summed E-state index contributed by atoms with van der Waals surface area (Å²) < 4.78 is 13.1. The lowest BCUT2D eigenvalue weighted by Crippen LogP contribution is -2.48. The highest BCUT2D eigenvalue weighted by Gasteiger charge is 2.23. The van der Waals surface area contributed by atoms with Crippen LogP contribution in [0.15, 0.2) is 42.5 Å². The fraction of sp³-hybridized carbons (Fsp3) is 0.350. The Morgan fingerprint density at radius 1 is 1.08 bits per heavy atom. The van der Waals surface area contributed by atoms with Crippen LogP contribution in [-0.2, 0) is 0 Å². The van der Waals surface area contributed by atoms with Gasteiger partial charge in [0, 0.05) is 43.5 Å². The van der Waals surface area contributed by atoms with Crippen LogP contribution in [0.2, 0.25) is 0 Å². The van der Waals surface area contributed by atoms with Crippen LogP contribution in [0.25, 0.3) is 0 Å². The van der Waals surface area contributed by atoms with Gasteiger partial charge in [-0.05, 0) is 56.3 Å². The summed E-state index contributed by atoms with van der Waals surface area (Å²) >= 11 is 0. The Labute approximate surface area is 153 Å². The molecule has 1 saturated heterocycles. The van der Waals surface area contributed by atoms with Crippen LogP contribution >= 0.6 is 0 Å². The quantitative estimate of drug-likeness (QED) is 0.826. The fourth-order valence-corrected chi connectivity index (χ4v) is 3.13. The number of hydrogen-bond acceptors (Lipinski definition) is 4. The van der Waals surface area contributed by atoms with Crippen molar-refractivity contribution < 1.29 is 9.18 Å². The monoisotopic (exact) mass is 356 g/mol. The average molecular weight is 356 g/mol. The molecule has 2 aromatic rings. The van der Waals surface area contributed by atoms with Crippen molar-refractivity contribution >= 4 is 23.0 Å². The van der Waals surface area contributed by atoms with E-state index in [0.29, 0.717) is 24.3 Å². The number of halogens is 1. The van der Waals surface area contributed by atoms with Gasteiger partial charge in [-0.2, -0.15) is 0 Å². The third-order valence-corrected chi connectivity index (χ3v) is 4.50. The lowest BCUT2D eigenvalue weighted by atomic mass is 10.1. The van der Waals surface area contributed by atoms with Crippen LogP contribution in [0.1, 0.15) is 24.2 Å². The van der Waals surface area contributed by atoms with Crippen LogP contribution in [0, 0.1) is 5.82 Å². The number of benzene rings is 2. The number of nitrogens with one attached hydrogen (secondary N) is 1. The largest absolute Gasteiger partial charge is 0.397 e. The van der Waals surface area contributed by atoms with E-state index < -0.39 is 0 Å². The van der Waals surface area contributed by atoms with Crippen molar-refractivity contribution in [2.45, 2.75) is 19.9 Å². The van der Waals surface area contributed by atoms with E-state index in [1.807, 2.05) is 24.8 Å². The van der Waals surface area contributed by atoms with Gasteiger partial charge >= 0.3 is 0 Å². The van der Waals surface area contributed by atoms with E-state index in [-0.39, 0.29) is 17.8 Å². The smallest absolute Gasteiger partial charge is 0.254 e. The van der Waals surface area contributed by atoms with E-state index in [9.17, 15) is 9.18 Å². The van der Waals surface area contributed by atoms with Gasteiger partial charge in [-0.1, -0.05) is 0 Å². The maximum Gasteiger partial charge on any atom is 0.254 e. The van der Waals surface area contributed by atoms with Crippen molar-refractivity contribution in [1.82, 2.24) is 4.90 Å². The van der Waals surface area contributed by atoms with Crippen molar-refractivity contribution in [2.75, 3.05) is 42.1 Å². The summed E-state index contributed by atoms with van der Waals surface area (Å²) in [5.41, 5.74) is 9.03. The number of nitrogens with zero attached hydrogens (tertiary/aromatic N) is 2. The molecule has 6 heteroatoms. The summed E-state index contributed by atoms with van der Waals surface area (Å²) in [5.74, 6) is -0.229. The lowest BCUT2D eigenvalue weighted by molar-refractivity contribution is 0.0747. The molecule has 3 rings (SSSR count). The summed E-state index contributed by atoms with van der Waals surface area (Å²) in [6.45, 7) is 6.78. The molecule has 0 saturated carbocycles. The molecule has 0 atom stereocenters. The second-order valence-electron chi connectivity index (χ2n) is 6.86. The first-order valence-electron chi connectivity index (χ1n) is 8.90. The number of carbonyl (C=O) groups is 1. The molecule has 0 unspecified atom stereocenters. The summed E-state index contributed by atoms with van der Waals surface area (Å²) in [4.78, 5) is 16.8. The molecule has 2 aromatic carbocycles. The molecular weight excluding hydrogens is 331 g/mol. The Morgan fingerprint density at radius 2 is 1.73 bits per heavy atom. The van der Waals surface area contributed by atoms with Gasteiger partial charge in [0.05, 0.1) is 11.4 Å². The molecule has 0 aromatic heterocycles. The summed E-state index contributed by atoms with van der Waals surface area (Å²) in [6.07, 6.45) is 0. The topological polar surface area (TPSA) is 61.6 Å². The zero-order valence-corrected chi connectivity index (χ0v) is 15.2. The normalized spacial score (nSPS) is 14.6. The molecular formula is C20H25FN4O. The number of hydrogen-bond donors (Lipinski definition) is 2. The Kier molecular flexibility index (Phi) is 5.30. The van der Waals surface area contributed by atoms with Crippen molar-refractivity contribution in [2.24, 2.45) is 0 Å². The lowest BCUT2D eigenvalue weighted by Gasteiger charge is -2.36. The van der Waals surface area contributed by atoms with Gasteiger partial charge in [0.15, 0.2) is 0 Å². The number of amides is 1. The van der Waals surface area contributed by atoms with Crippen molar-refractivity contribution in [3.8, 4) is 0 Å². The zero-order chi connectivity index (χ0) is 18.7. The van der Waals surface area contributed by atoms with Gasteiger partial charge in [-0.15, -0.1) is 0 Å². The number of piperazine rings is 1. The number of rotatable bonds is 4. The highest BCUT2D eigenvalue weighted by atomic mass is 19.1. The highest BCUT2D eigenvalue weighted by molar-refractivity contribution is 5.96. The Morgan fingerprint density at radius 3 is 2.35 bits per heavy atom. The van der Waals surface area contributed by atoms with Gasteiger partial charge in [0.2, 0.25) is 0 Å². The van der Waals surface area contributed by atoms with Crippen LogP contribution in [0.3, 0.4) is 0 Å². The predicted molar refractivity (Wildman–Crippen MR) is 104 cm³/mol. The van der Waals surface area contributed by atoms with Crippen LogP contribution in [0.5, 0.6) is 0 Å². The van der Waals surface area contributed by atoms with E-state index in [1.165, 1.54) is 12.1 Å². The van der Waals surface area contributed by atoms with E-state index in [1.54, 1.807) is 24.3 Å². The number of anilines is 3. The summed E-state index contributed by atoms with van der Waals surface area (Å²) in [7, 11) is 0. The fourth-order valence-electron chi connectivity index (χ4n) is 3.13. The zero-order valence-electron chi connectivity index (χ0n) is 15.2. The minimum Gasteiger partial charge on any atom is -0.397 e. The molecule has 0 aliphatic carbocycles. The Hall–Kier alpha value is -2.76. The van der Waals surface area contributed by atoms with Crippen molar-refractivity contribution in [3.63, 3.8) is 0 Å². The molecule has 3 N–H and O–H groups in total. The van der Waals surface area contributed by atoms with Gasteiger partial charge in [0.25, 0.3) is 5.91 Å². The number of carbonyl (C=O) groups excluding carboxylic acids is 1. The van der Waals surface area contributed by atoms with Crippen LogP contribution < -0.4 is 16.0 Å². The first kappa shape index (κ1) is 18.0. The molecule has 138 valence electrons. The van der Waals surface area contributed by atoms with E-state index in [4.69, 9.17) is 5.73 Å². The van der Waals surface area contributed by atoms with Gasteiger partial charge in [-0.25, -0.2) is 4.39 Å². The van der Waals surface area contributed by atoms with Crippen LogP contribution in [-0.4, -0.2) is 43.0 Å². The standard InChI is InChI=1S/C20H25FN4O/c1-14(2)23-19-13-15(3-8-18(19)22)20(26)25-11-9-24(10-12-25)17-6-4-16(21)5-7-17/h3-8,13-14,23H,9-12,22H2,1-2H3. The Bertz CT molecular complexity index is 768. The minimum atomic E-state index is -0.239. The molecule has 5 nitrogen and oxygen atoms in total. The van der Waals surface area contributed by atoms with E-state index in [0.717, 1.165) is 24.5 Å². The molecule has 26 heavy (non-hydrogen) atoms. The third kappa shape index (κ3) is 4.07. The molecule has 1 fully saturated rings. The molecule has 1 amide bonds. The molecule has 1 aliphatic rings. The van der Waals surface area contributed by atoms with Gasteiger partial charge < -0.3 is 20.9 Å². The maximum atomic E-state index is 13.1. The molecule has 0 bridgehead atoms. The minimum absolute atomic E-state index is 0.00978. The molecule has 0 radical (unpaired) electrons. The average Bonchev–Trinajstić information content (AvgIpc) is 2.63. The van der Waals surface area contributed by atoms with Gasteiger partial charge in [-0.3, -0.25) is 4.79 Å². The second-order valence-corrected chi connectivity index (χ2v) is 6.86. The van der Waals surface area contributed by atoms with E-state index in [2.05, 4.69) is 10.2 Å². The predicted octanol–water partition coefficient (Wildman–Crippen LogP) is 3.19. The third-order valence-electron chi connectivity index (χ3n) is 4.50. The highest BCUT2D eigenvalue weighted by Crippen LogP contribution is 2.23. The molecule has 1 heterocycles. The van der Waals surface area contributed by atoms with E-state index >= 15 is 0 Å². The van der Waals surface area contributed by atoms with Crippen molar-refractivity contribution in [1.29, 1.82) is 0 Å². The van der Waals surface area contributed by atoms with Crippen LogP contribution in [0.4, 0.5) is 21.5 Å². The SMILES string of the molecule is CC(C)Nc1cc(C(=O)N2CCN(c3ccc(F)cc3)CC2)ccc1N. The molecule has 1 aliphatic heterocycles. The van der Waals surface area contributed by atoms with Gasteiger partial charge in [0.1, 0.15) is 5.82 Å². The summed E-state index contributed by atoms with van der Waals surface area (Å²) in [5, 5.41) is 3.27.